The molecule has 0 atom stereocenters. The van der Waals surface area contributed by atoms with Crippen molar-refractivity contribution in [2.45, 2.75) is 43.7 Å². The van der Waals surface area contributed by atoms with Crippen molar-refractivity contribution in [2.75, 3.05) is 6.54 Å². The largest absolute Gasteiger partial charge is 0.416 e. The van der Waals surface area contributed by atoms with Crippen LogP contribution in [-0.4, -0.2) is 6.54 Å². The summed E-state index contributed by atoms with van der Waals surface area (Å²) in [6, 6.07) is 3.92. The van der Waals surface area contributed by atoms with Crippen LogP contribution in [0.5, 0.6) is 0 Å². The molecule has 1 saturated carbocycles. The molecule has 0 bridgehead atoms. The molecule has 0 radical (unpaired) electrons. The van der Waals surface area contributed by atoms with Gasteiger partial charge in [0.05, 0.1) is 5.56 Å². The predicted molar refractivity (Wildman–Crippen MR) is 73.0 cm³/mol. The summed E-state index contributed by atoms with van der Waals surface area (Å²) in [4.78, 5) is 0. The molecule has 1 fully saturated rings. The summed E-state index contributed by atoms with van der Waals surface area (Å²) >= 11 is 3.30. The fourth-order valence-electron chi connectivity index (χ4n) is 2.93. The van der Waals surface area contributed by atoms with Gasteiger partial charge in [0, 0.05) is 16.4 Å². The van der Waals surface area contributed by atoms with E-state index in [4.69, 9.17) is 5.73 Å². The van der Waals surface area contributed by atoms with E-state index in [1.165, 1.54) is 12.5 Å². The van der Waals surface area contributed by atoms with Crippen molar-refractivity contribution >= 4 is 15.9 Å². The molecule has 1 nitrogen and oxygen atoms in total. The van der Waals surface area contributed by atoms with Gasteiger partial charge >= 0.3 is 6.18 Å². The molecule has 1 aromatic carbocycles. The number of halogens is 4. The fraction of sp³-hybridized carbons (Fsp3) is 0.571. The molecule has 2 N–H and O–H groups in total. The Hall–Kier alpha value is -0.550. The molecule has 106 valence electrons. The maximum absolute atomic E-state index is 12.7. The second-order valence-corrected chi connectivity index (χ2v) is 6.09. The molecule has 1 aliphatic rings. The summed E-state index contributed by atoms with van der Waals surface area (Å²) in [6.07, 6.45) is 0.958. The number of rotatable bonds is 2. The summed E-state index contributed by atoms with van der Waals surface area (Å²) < 4.78 is 38.5. The van der Waals surface area contributed by atoms with Gasteiger partial charge in [-0.05, 0) is 30.5 Å². The normalized spacial score (nSPS) is 19.4. The Morgan fingerprint density at radius 2 is 1.79 bits per heavy atom. The van der Waals surface area contributed by atoms with Gasteiger partial charge in [0.25, 0.3) is 0 Å². The van der Waals surface area contributed by atoms with Gasteiger partial charge in [-0.1, -0.05) is 41.3 Å². The fourth-order valence-corrected chi connectivity index (χ4v) is 3.73. The average molecular weight is 336 g/mol. The van der Waals surface area contributed by atoms with Gasteiger partial charge in [0.1, 0.15) is 0 Å². The van der Waals surface area contributed by atoms with Crippen molar-refractivity contribution in [2.24, 2.45) is 5.73 Å². The van der Waals surface area contributed by atoms with Crippen molar-refractivity contribution in [3.63, 3.8) is 0 Å². The molecule has 1 aromatic rings. The standard InChI is InChI=1S/C14H17BrF3N/c15-12-8-10(14(16,17)18)4-5-11(12)13(9-19)6-2-1-3-7-13/h4-5,8H,1-3,6-7,9,19H2. The van der Waals surface area contributed by atoms with Crippen LogP contribution in [0.1, 0.15) is 43.2 Å². The van der Waals surface area contributed by atoms with E-state index < -0.39 is 11.7 Å². The van der Waals surface area contributed by atoms with Crippen molar-refractivity contribution in [3.8, 4) is 0 Å². The second kappa shape index (κ2) is 5.44. The number of nitrogens with two attached hydrogens (primary N) is 1. The lowest BCUT2D eigenvalue weighted by Crippen LogP contribution is -2.37. The Balaban J connectivity index is 2.39. The van der Waals surface area contributed by atoms with Crippen molar-refractivity contribution in [1.29, 1.82) is 0 Å². The molecular weight excluding hydrogens is 319 g/mol. The first kappa shape index (κ1) is 14.9. The molecule has 0 aliphatic heterocycles. The highest BCUT2D eigenvalue weighted by Crippen LogP contribution is 2.43. The number of hydrogen-bond acceptors (Lipinski definition) is 1. The second-order valence-electron chi connectivity index (χ2n) is 5.24. The zero-order chi connectivity index (χ0) is 14.1. The minimum atomic E-state index is -4.30. The molecular formula is C14H17BrF3N. The van der Waals surface area contributed by atoms with Gasteiger partial charge in [-0.2, -0.15) is 13.2 Å². The molecule has 5 heteroatoms. The van der Waals surface area contributed by atoms with E-state index >= 15 is 0 Å². The first-order valence-corrected chi connectivity index (χ1v) is 7.26. The zero-order valence-electron chi connectivity index (χ0n) is 10.6. The average Bonchev–Trinajstić information content (AvgIpc) is 2.38. The van der Waals surface area contributed by atoms with Crippen molar-refractivity contribution in [3.05, 3.63) is 33.8 Å². The molecule has 1 aliphatic carbocycles. The van der Waals surface area contributed by atoms with Crippen LogP contribution in [0, 0.1) is 0 Å². The monoisotopic (exact) mass is 335 g/mol. The molecule has 2 rings (SSSR count). The number of alkyl halides is 3. The summed E-state index contributed by atoms with van der Waals surface area (Å²) in [6.45, 7) is 0.483. The van der Waals surface area contributed by atoms with Crippen molar-refractivity contribution in [1.82, 2.24) is 0 Å². The van der Waals surface area contributed by atoms with Crippen LogP contribution in [0.4, 0.5) is 13.2 Å². The van der Waals surface area contributed by atoms with Crippen LogP contribution in [0.2, 0.25) is 0 Å². The van der Waals surface area contributed by atoms with Crippen LogP contribution in [0.3, 0.4) is 0 Å². The maximum Gasteiger partial charge on any atom is 0.416 e. The van der Waals surface area contributed by atoms with Crippen LogP contribution < -0.4 is 5.73 Å². The lowest BCUT2D eigenvalue weighted by Gasteiger charge is -2.37. The third-order valence-corrected chi connectivity index (χ3v) is 4.73. The van der Waals surface area contributed by atoms with E-state index in [1.807, 2.05) is 0 Å². The quantitative estimate of drug-likeness (QED) is 0.837. The molecule has 19 heavy (non-hydrogen) atoms. The Morgan fingerprint density at radius 1 is 1.16 bits per heavy atom. The SMILES string of the molecule is NCC1(c2ccc(C(F)(F)F)cc2Br)CCCCC1. The van der Waals surface area contributed by atoms with Crippen LogP contribution in [0.15, 0.2) is 22.7 Å². The molecule has 0 spiro atoms. The van der Waals surface area contributed by atoms with Gasteiger partial charge in [-0.3, -0.25) is 0 Å². The van der Waals surface area contributed by atoms with Gasteiger partial charge in [-0.15, -0.1) is 0 Å². The van der Waals surface area contributed by atoms with E-state index in [9.17, 15) is 13.2 Å². The minimum absolute atomic E-state index is 0.165. The Morgan fingerprint density at radius 3 is 2.26 bits per heavy atom. The van der Waals surface area contributed by atoms with Gasteiger partial charge < -0.3 is 5.73 Å². The Kier molecular flexibility index (Phi) is 4.26. The molecule has 0 heterocycles. The predicted octanol–water partition coefficient (Wildman–Crippen LogP) is 4.63. The van der Waals surface area contributed by atoms with E-state index in [-0.39, 0.29) is 5.41 Å². The lowest BCUT2D eigenvalue weighted by molar-refractivity contribution is -0.137. The molecule has 0 unspecified atom stereocenters. The lowest BCUT2D eigenvalue weighted by atomic mass is 9.69. The third kappa shape index (κ3) is 2.97. The van der Waals surface area contributed by atoms with E-state index in [0.717, 1.165) is 37.3 Å². The highest BCUT2D eigenvalue weighted by atomic mass is 79.9. The Labute approximate surface area is 119 Å². The van der Waals surface area contributed by atoms with E-state index in [1.54, 1.807) is 6.07 Å². The Bertz CT molecular complexity index is 450. The van der Waals surface area contributed by atoms with Crippen LogP contribution in [-0.2, 0) is 11.6 Å². The van der Waals surface area contributed by atoms with Crippen LogP contribution >= 0.6 is 15.9 Å². The van der Waals surface area contributed by atoms with Gasteiger partial charge in [0.15, 0.2) is 0 Å². The first-order chi connectivity index (χ1) is 8.89. The highest BCUT2D eigenvalue weighted by molar-refractivity contribution is 9.10. The number of hydrogen-bond donors (Lipinski definition) is 1. The number of benzene rings is 1. The molecule has 0 aromatic heterocycles. The summed E-state index contributed by atoms with van der Waals surface area (Å²) in [7, 11) is 0. The third-order valence-electron chi connectivity index (χ3n) is 4.07. The maximum atomic E-state index is 12.7. The van der Waals surface area contributed by atoms with Gasteiger partial charge in [-0.25, -0.2) is 0 Å². The topological polar surface area (TPSA) is 26.0 Å². The van der Waals surface area contributed by atoms with Gasteiger partial charge in [0.2, 0.25) is 0 Å². The van der Waals surface area contributed by atoms with E-state index in [0.29, 0.717) is 11.0 Å². The molecule has 0 saturated heterocycles. The first-order valence-electron chi connectivity index (χ1n) is 6.46. The van der Waals surface area contributed by atoms with Crippen molar-refractivity contribution < 1.29 is 13.2 Å². The zero-order valence-corrected chi connectivity index (χ0v) is 12.1. The summed E-state index contributed by atoms with van der Waals surface area (Å²) in [5.41, 5.74) is 6.05. The minimum Gasteiger partial charge on any atom is -0.330 e. The van der Waals surface area contributed by atoms with Crippen LogP contribution in [0.25, 0.3) is 0 Å². The highest BCUT2D eigenvalue weighted by Gasteiger charge is 2.36. The van der Waals surface area contributed by atoms with E-state index in [2.05, 4.69) is 15.9 Å². The summed E-state index contributed by atoms with van der Waals surface area (Å²) in [5.74, 6) is 0. The molecule has 0 amide bonds. The smallest absolute Gasteiger partial charge is 0.330 e. The summed E-state index contributed by atoms with van der Waals surface area (Å²) in [5, 5.41) is 0.